The van der Waals surface area contributed by atoms with E-state index >= 15 is 0 Å². The summed E-state index contributed by atoms with van der Waals surface area (Å²) in [5.41, 5.74) is 1.46. The van der Waals surface area contributed by atoms with Crippen LogP contribution in [0.1, 0.15) is 5.56 Å². The summed E-state index contributed by atoms with van der Waals surface area (Å²) in [7, 11) is -3.49. The summed E-state index contributed by atoms with van der Waals surface area (Å²) in [4.78, 5) is 4.26. The predicted molar refractivity (Wildman–Crippen MR) is 87.3 cm³/mol. The SMILES string of the molecule is O=S(=O)(Cc1ccc(Cl)cc1)Nc1nc2ccccc2s1. The fraction of sp³-hybridized carbons (Fsp3) is 0.0714. The number of anilines is 1. The number of aromatic nitrogens is 1. The number of hydrogen-bond donors (Lipinski definition) is 1. The molecule has 0 radical (unpaired) electrons. The lowest BCUT2D eigenvalue weighted by Gasteiger charge is -2.05. The minimum atomic E-state index is -3.49. The summed E-state index contributed by atoms with van der Waals surface area (Å²) in [5, 5.41) is 0.959. The van der Waals surface area contributed by atoms with Gasteiger partial charge in [-0.3, -0.25) is 4.72 Å². The molecule has 0 fully saturated rings. The van der Waals surface area contributed by atoms with Gasteiger partial charge in [0.2, 0.25) is 10.0 Å². The van der Waals surface area contributed by atoms with Gasteiger partial charge < -0.3 is 0 Å². The number of hydrogen-bond acceptors (Lipinski definition) is 4. The molecule has 7 heteroatoms. The Morgan fingerprint density at radius 1 is 1.10 bits per heavy atom. The Kier molecular flexibility index (Phi) is 3.84. The monoisotopic (exact) mass is 338 g/mol. The van der Waals surface area contributed by atoms with E-state index in [1.54, 1.807) is 24.3 Å². The van der Waals surface area contributed by atoms with Crippen molar-refractivity contribution in [2.45, 2.75) is 5.75 Å². The van der Waals surface area contributed by atoms with E-state index in [9.17, 15) is 8.42 Å². The highest BCUT2D eigenvalue weighted by Crippen LogP contribution is 2.26. The van der Waals surface area contributed by atoms with Crippen molar-refractivity contribution in [3.8, 4) is 0 Å². The molecule has 1 N–H and O–H groups in total. The highest BCUT2D eigenvalue weighted by atomic mass is 35.5. The highest BCUT2D eigenvalue weighted by molar-refractivity contribution is 7.92. The van der Waals surface area contributed by atoms with Crippen molar-refractivity contribution >= 4 is 48.3 Å². The molecule has 0 saturated carbocycles. The van der Waals surface area contributed by atoms with Crippen LogP contribution in [0.4, 0.5) is 5.13 Å². The number of para-hydroxylation sites is 1. The molecule has 3 aromatic rings. The Hall–Kier alpha value is -1.63. The fourth-order valence-electron chi connectivity index (χ4n) is 1.89. The van der Waals surface area contributed by atoms with Crippen molar-refractivity contribution in [2.75, 3.05) is 4.72 Å². The quantitative estimate of drug-likeness (QED) is 0.785. The Bertz CT molecular complexity index is 840. The maximum absolute atomic E-state index is 12.2. The van der Waals surface area contributed by atoms with Gasteiger partial charge in [0.25, 0.3) is 0 Å². The molecular formula is C14H11ClN2O2S2. The molecule has 2 aromatic carbocycles. The first-order valence-corrected chi connectivity index (χ1v) is 8.97. The number of rotatable bonds is 4. The first-order chi connectivity index (χ1) is 10.0. The number of halogens is 1. The third-order valence-corrected chi connectivity index (χ3v) is 5.36. The molecule has 0 atom stereocenters. The number of thiazole rings is 1. The van der Waals surface area contributed by atoms with Crippen molar-refractivity contribution in [1.82, 2.24) is 4.98 Å². The summed E-state index contributed by atoms with van der Waals surface area (Å²) in [6.07, 6.45) is 0. The molecule has 0 aliphatic carbocycles. The second kappa shape index (κ2) is 5.63. The number of nitrogens with zero attached hydrogens (tertiary/aromatic N) is 1. The topological polar surface area (TPSA) is 59.1 Å². The van der Waals surface area contributed by atoms with E-state index in [0.29, 0.717) is 15.7 Å². The lowest BCUT2D eigenvalue weighted by atomic mass is 10.2. The average molecular weight is 339 g/mol. The van der Waals surface area contributed by atoms with Gasteiger partial charge in [0.1, 0.15) is 0 Å². The zero-order chi connectivity index (χ0) is 14.9. The smallest absolute Gasteiger partial charge is 0.238 e. The number of sulfonamides is 1. The van der Waals surface area contributed by atoms with Crippen LogP contribution >= 0.6 is 22.9 Å². The van der Waals surface area contributed by atoms with Crippen LogP contribution in [0, 0.1) is 0 Å². The van der Waals surface area contributed by atoms with Crippen LogP contribution < -0.4 is 4.72 Å². The number of benzene rings is 2. The van der Waals surface area contributed by atoms with Gasteiger partial charge in [0.15, 0.2) is 5.13 Å². The predicted octanol–water partition coefficient (Wildman–Crippen LogP) is 3.89. The lowest BCUT2D eigenvalue weighted by molar-refractivity contribution is 0.600. The maximum atomic E-state index is 12.2. The third-order valence-electron chi connectivity index (χ3n) is 2.81. The standard InChI is InChI=1S/C14H11ClN2O2S2/c15-11-7-5-10(6-8-11)9-21(18,19)17-14-16-12-3-1-2-4-13(12)20-14/h1-8H,9H2,(H,16,17). The molecule has 0 aliphatic heterocycles. The molecule has 3 rings (SSSR count). The highest BCUT2D eigenvalue weighted by Gasteiger charge is 2.14. The van der Waals surface area contributed by atoms with Crippen LogP contribution in [-0.4, -0.2) is 13.4 Å². The van der Waals surface area contributed by atoms with Gasteiger partial charge in [-0.2, -0.15) is 0 Å². The van der Waals surface area contributed by atoms with Gasteiger partial charge in [-0.05, 0) is 29.8 Å². The van der Waals surface area contributed by atoms with E-state index in [-0.39, 0.29) is 5.75 Å². The largest absolute Gasteiger partial charge is 0.258 e. The van der Waals surface area contributed by atoms with Gasteiger partial charge in [-0.25, -0.2) is 13.4 Å². The van der Waals surface area contributed by atoms with Crippen molar-refractivity contribution in [2.24, 2.45) is 0 Å². The fourth-order valence-corrected chi connectivity index (χ4v) is 4.29. The molecule has 21 heavy (non-hydrogen) atoms. The molecule has 108 valence electrons. The van der Waals surface area contributed by atoms with Gasteiger partial charge in [-0.1, -0.05) is 47.2 Å². The zero-order valence-corrected chi connectivity index (χ0v) is 13.2. The van der Waals surface area contributed by atoms with Gasteiger partial charge in [0.05, 0.1) is 16.0 Å². The maximum Gasteiger partial charge on any atom is 0.238 e. The molecule has 4 nitrogen and oxygen atoms in total. The average Bonchev–Trinajstić information content (AvgIpc) is 2.82. The molecule has 0 spiro atoms. The Morgan fingerprint density at radius 3 is 2.52 bits per heavy atom. The summed E-state index contributed by atoms with van der Waals surface area (Å²) in [6, 6.07) is 14.3. The zero-order valence-electron chi connectivity index (χ0n) is 10.8. The van der Waals surface area contributed by atoms with Crippen molar-refractivity contribution < 1.29 is 8.42 Å². The van der Waals surface area contributed by atoms with Crippen molar-refractivity contribution in [3.05, 3.63) is 59.1 Å². The van der Waals surface area contributed by atoms with Gasteiger partial charge in [0, 0.05) is 5.02 Å². The van der Waals surface area contributed by atoms with Crippen molar-refractivity contribution in [1.29, 1.82) is 0 Å². The van der Waals surface area contributed by atoms with Gasteiger partial charge in [-0.15, -0.1) is 0 Å². The summed E-state index contributed by atoms with van der Waals surface area (Å²) in [5.74, 6) is -0.111. The Morgan fingerprint density at radius 2 is 1.81 bits per heavy atom. The van der Waals surface area contributed by atoms with Crippen LogP contribution in [-0.2, 0) is 15.8 Å². The number of fused-ring (bicyclic) bond motifs is 1. The van der Waals surface area contributed by atoms with E-state index in [1.165, 1.54) is 11.3 Å². The summed E-state index contributed by atoms with van der Waals surface area (Å²) in [6.45, 7) is 0. The second-order valence-corrected chi connectivity index (χ2v) is 7.66. The summed E-state index contributed by atoms with van der Waals surface area (Å²) >= 11 is 7.10. The van der Waals surface area contributed by atoms with Crippen LogP contribution in [0.5, 0.6) is 0 Å². The van der Waals surface area contributed by atoms with Crippen molar-refractivity contribution in [3.63, 3.8) is 0 Å². The molecule has 0 amide bonds. The van der Waals surface area contributed by atoms with E-state index in [2.05, 4.69) is 9.71 Å². The Balaban J connectivity index is 1.80. The van der Waals surface area contributed by atoms with Gasteiger partial charge >= 0.3 is 0 Å². The molecule has 0 aliphatic rings. The molecule has 0 bridgehead atoms. The minimum absolute atomic E-state index is 0.111. The summed E-state index contributed by atoms with van der Waals surface area (Å²) < 4.78 is 27.8. The third kappa shape index (κ3) is 3.53. The molecule has 1 aromatic heterocycles. The Labute approximate surface area is 131 Å². The molecule has 0 saturated heterocycles. The minimum Gasteiger partial charge on any atom is -0.258 e. The molecule has 1 heterocycles. The first-order valence-electron chi connectivity index (χ1n) is 6.12. The first kappa shape index (κ1) is 14.3. The normalized spacial score (nSPS) is 11.7. The molecular weight excluding hydrogens is 328 g/mol. The lowest BCUT2D eigenvalue weighted by Crippen LogP contribution is -2.14. The number of nitrogens with one attached hydrogen (secondary N) is 1. The van der Waals surface area contributed by atoms with E-state index < -0.39 is 10.0 Å². The van der Waals surface area contributed by atoms with Crippen LogP contribution in [0.25, 0.3) is 10.2 Å². The molecule has 0 unspecified atom stereocenters. The van der Waals surface area contributed by atoms with Crippen LogP contribution in [0.15, 0.2) is 48.5 Å². The van der Waals surface area contributed by atoms with Crippen LogP contribution in [0.3, 0.4) is 0 Å². The van der Waals surface area contributed by atoms with Crippen LogP contribution in [0.2, 0.25) is 5.02 Å². The second-order valence-electron chi connectivity index (χ2n) is 4.47. The van der Waals surface area contributed by atoms with E-state index in [1.807, 2.05) is 24.3 Å². The van der Waals surface area contributed by atoms with E-state index in [0.717, 1.165) is 10.2 Å². The van der Waals surface area contributed by atoms with E-state index in [4.69, 9.17) is 11.6 Å².